The summed E-state index contributed by atoms with van der Waals surface area (Å²) < 4.78 is 52.4. The molecule has 2 heterocycles. The van der Waals surface area contributed by atoms with Crippen molar-refractivity contribution in [2.24, 2.45) is 0 Å². The molecule has 0 N–H and O–H groups in total. The maximum atomic E-state index is 12.5. The third-order valence-electron chi connectivity index (χ3n) is 4.46. The molecule has 2 saturated heterocycles. The first-order valence-electron chi connectivity index (χ1n) is 7.76. The molecule has 2 atom stereocenters. The van der Waals surface area contributed by atoms with Gasteiger partial charge in [0, 0.05) is 38.3 Å². The fourth-order valence-electron chi connectivity index (χ4n) is 2.76. The topological polar surface area (TPSA) is 122 Å². The molecule has 0 saturated carbocycles. The van der Waals surface area contributed by atoms with Crippen LogP contribution >= 0.6 is 0 Å². The first-order valence-corrected chi connectivity index (χ1v) is 10.8. The summed E-state index contributed by atoms with van der Waals surface area (Å²) in [4.78, 5) is 0. The van der Waals surface area contributed by atoms with Gasteiger partial charge in [-0.05, 0) is 31.4 Å². The Bertz CT molecular complexity index is 801. The van der Waals surface area contributed by atoms with E-state index < -0.39 is 30.5 Å². The molecule has 2 unspecified atom stereocenters. The number of sulfonamides is 2. The van der Waals surface area contributed by atoms with E-state index in [1.165, 1.54) is 34.6 Å². The van der Waals surface area contributed by atoms with Crippen molar-refractivity contribution in [1.82, 2.24) is 8.61 Å². The van der Waals surface area contributed by atoms with Crippen molar-refractivity contribution in [2.45, 2.75) is 30.8 Å². The second-order valence-electron chi connectivity index (χ2n) is 6.35. The lowest BCUT2D eigenvalue weighted by molar-refractivity contribution is 0.376. The van der Waals surface area contributed by atoms with Crippen LogP contribution in [-0.4, -0.2) is 62.1 Å². The van der Waals surface area contributed by atoms with Crippen molar-refractivity contribution in [1.29, 1.82) is 10.5 Å². The van der Waals surface area contributed by atoms with Crippen LogP contribution in [0.5, 0.6) is 0 Å². The average Bonchev–Trinajstić information content (AvgIpc) is 2.44. The first kappa shape index (κ1) is 19.6. The van der Waals surface area contributed by atoms with E-state index in [1.54, 1.807) is 0 Å². The van der Waals surface area contributed by atoms with Gasteiger partial charge in [-0.25, -0.2) is 16.8 Å². The smallest absolute Gasteiger partial charge is 0.212 e. The lowest BCUT2D eigenvalue weighted by Gasteiger charge is -2.37. The number of rotatable bonds is 6. The van der Waals surface area contributed by atoms with Crippen molar-refractivity contribution in [3.8, 4) is 12.1 Å². The van der Waals surface area contributed by atoms with Crippen LogP contribution in [0.3, 0.4) is 0 Å². The van der Waals surface area contributed by atoms with Crippen molar-refractivity contribution in [3.05, 3.63) is 23.3 Å². The van der Waals surface area contributed by atoms with E-state index in [1.807, 2.05) is 12.1 Å². The lowest BCUT2D eigenvalue weighted by atomic mass is 10.1. The van der Waals surface area contributed by atoms with Crippen molar-refractivity contribution < 1.29 is 16.8 Å². The molecular formula is C15H20N4O4S2. The number of nitrogens with zero attached hydrogens (tertiary/aromatic N) is 4. The Morgan fingerprint density at radius 1 is 0.880 bits per heavy atom. The van der Waals surface area contributed by atoms with Gasteiger partial charge in [-0.1, -0.05) is 0 Å². The highest BCUT2D eigenvalue weighted by Gasteiger charge is 2.40. The van der Waals surface area contributed by atoms with Crippen LogP contribution in [-0.2, 0) is 20.0 Å². The average molecular weight is 384 g/mol. The summed E-state index contributed by atoms with van der Waals surface area (Å²) in [7, 11) is -7.19. The summed E-state index contributed by atoms with van der Waals surface area (Å²) in [6.07, 6.45) is 2.66. The fraction of sp³-hybridized carbons (Fsp3) is 0.600. The summed E-state index contributed by atoms with van der Waals surface area (Å²) in [6.45, 7) is 3.77. The van der Waals surface area contributed by atoms with Crippen LogP contribution in [0.1, 0.15) is 20.3 Å². The van der Waals surface area contributed by atoms with Gasteiger partial charge in [-0.15, -0.1) is 0 Å². The molecule has 0 bridgehead atoms. The molecular weight excluding hydrogens is 364 g/mol. The van der Waals surface area contributed by atoms with Crippen LogP contribution in [0.2, 0.25) is 0 Å². The van der Waals surface area contributed by atoms with Crippen molar-refractivity contribution in [3.63, 3.8) is 0 Å². The minimum Gasteiger partial charge on any atom is -0.212 e. The summed E-state index contributed by atoms with van der Waals surface area (Å²) in [5, 5.41) is 15.4. The Labute approximate surface area is 148 Å². The second-order valence-corrected chi connectivity index (χ2v) is 11.0. The van der Waals surface area contributed by atoms with Gasteiger partial charge >= 0.3 is 0 Å². The molecule has 2 fully saturated rings. The molecule has 8 nitrogen and oxygen atoms in total. The molecule has 25 heavy (non-hydrogen) atoms. The van der Waals surface area contributed by atoms with E-state index in [2.05, 4.69) is 0 Å². The third kappa shape index (κ3) is 3.93. The molecule has 0 aromatic heterocycles. The molecule has 0 aliphatic carbocycles. The predicted molar refractivity (Wildman–Crippen MR) is 91.9 cm³/mol. The monoisotopic (exact) mass is 384 g/mol. The number of hydrogen-bond donors (Lipinski definition) is 0. The summed E-state index contributed by atoms with van der Waals surface area (Å²) >= 11 is 0. The van der Waals surface area contributed by atoms with Gasteiger partial charge in [0.2, 0.25) is 20.0 Å². The third-order valence-corrected chi connectivity index (χ3v) is 8.83. The molecule has 0 aromatic rings. The van der Waals surface area contributed by atoms with E-state index >= 15 is 0 Å². The number of hydrogen-bond acceptors (Lipinski definition) is 6. The van der Waals surface area contributed by atoms with E-state index in [9.17, 15) is 16.8 Å². The maximum Gasteiger partial charge on any atom is 0.217 e. The first-order chi connectivity index (χ1) is 11.6. The van der Waals surface area contributed by atoms with E-state index in [-0.39, 0.29) is 32.6 Å². The van der Waals surface area contributed by atoms with E-state index in [0.29, 0.717) is 0 Å². The van der Waals surface area contributed by atoms with Crippen molar-refractivity contribution in [2.75, 3.05) is 26.2 Å². The SMILES string of the molecule is CC(CC(C)S(=O)(=O)N1CC(=CC#N)C1)S(=O)(=O)N1CC(=CC#N)C1. The predicted octanol–water partition coefficient (Wildman–Crippen LogP) is 0.344. The molecule has 2 aliphatic heterocycles. The molecule has 136 valence electrons. The van der Waals surface area contributed by atoms with Crippen molar-refractivity contribution >= 4 is 20.0 Å². The van der Waals surface area contributed by atoms with Crippen LogP contribution in [0, 0.1) is 22.7 Å². The van der Waals surface area contributed by atoms with Gasteiger partial charge in [-0.3, -0.25) is 0 Å². The fourth-order valence-corrected chi connectivity index (χ4v) is 6.34. The molecule has 0 spiro atoms. The van der Waals surface area contributed by atoms with Gasteiger partial charge in [0.1, 0.15) is 0 Å². The Hall–Kier alpha value is -1.72. The van der Waals surface area contributed by atoms with Gasteiger partial charge in [-0.2, -0.15) is 19.1 Å². The zero-order valence-electron chi connectivity index (χ0n) is 14.1. The summed E-state index contributed by atoms with van der Waals surface area (Å²) in [5.41, 5.74) is 1.49. The Kier molecular flexibility index (Phi) is 5.69. The van der Waals surface area contributed by atoms with Gasteiger partial charge in [0.05, 0.1) is 22.6 Å². The largest absolute Gasteiger partial charge is 0.217 e. The Morgan fingerprint density at radius 3 is 1.48 bits per heavy atom. The van der Waals surface area contributed by atoms with Crippen LogP contribution in [0.15, 0.2) is 23.3 Å². The van der Waals surface area contributed by atoms with Crippen LogP contribution in [0.25, 0.3) is 0 Å². The molecule has 2 rings (SSSR count). The minimum atomic E-state index is -3.60. The highest BCUT2D eigenvalue weighted by atomic mass is 32.2. The van der Waals surface area contributed by atoms with Gasteiger partial charge in [0.15, 0.2) is 0 Å². The molecule has 0 radical (unpaired) electrons. The van der Waals surface area contributed by atoms with Crippen LogP contribution < -0.4 is 0 Å². The molecule has 10 heteroatoms. The summed E-state index contributed by atoms with van der Waals surface area (Å²) in [5.74, 6) is 0. The quantitative estimate of drug-likeness (QED) is 0.609. The molecule has 0 aromatic carbocycles. The van der Waals surface area contributed by atoms with Gasteiger partial charge < -0.3 is 0 Å². The maximum absolute atomic E-state index is 12.5. The number of allylic oxidation sites excluding steroid dienone is 2. The Morgan fingerprint density at radius 2 is 1.20 bits per heavy atom. The lowest BCUT2D eigenvalue weighted by Crippen LogP contribution is -2.51. The van der Waals surface area contributed by atoms with Gasteiger partial charge in [0.25, 0.3) is 0 Å². The molecule has 2 aliphatic rings. The Balaban J connectivity index is 1.97. The zero-order chi connectivity index (χ0) is 18.8. The summed E-state index contributed by atoms with van der Waals surface area (Å²) in [6, 6.07) is 3.74. The van der Waals surface area contributed by atoms with Crippen LogP contribution in [0.4, 0.5) is 0 Å². The standard InChI is InChI=1S/C15H20N4O4S2/c1-12(24(20,21)18-8-14(9-18)3-5-16)7-13(2)25(22,23)19-10-15(11-19)4-6-17/h3-4,12-13H,7-11H2,1-2H3. The van der Waals surface area contributed by atoms with E-state index in [4.69, 9.17) is 10.5 Å². The minimum absolute atomic E-state index is 0.00768. The second kappa shape index (κ2) is 7.26. The number of nitriles is 2. The normalized spacial score (nSPS) is 21.3. The highest BCUT2D eigenvalue weighted by Crippen LogP contribution is 2.27. The zero-order valence-corrected chi connectivity index (χ0v) is 15.7. The van der Waals surface area contributed by atoms with E-state index in [0.717, 1.165) is 11.1 Å². The molecule has 0 amide bonds. The highest BCUT2D eigenvalue weighted by molar-refractivity contribution is 7.90.